The molecule has 0 bridgehead atoms. The van der Waals surface area contributed by atoms with Gasteiger partial charge in [-0.2, -0.15) is 0 Å². The lowest BCUT2D eigenvalue weighted by Gasteiger charge is -2.09. The van der Waals surface area contributed by atoms with Crippen molar-refractivity contribution in [2.75, 3.05) is 17.7 Å². The number of hydrogen-bond donors (Lipinski definition) is 2. The summed E-state index contributed by atoms with van der Waals surface area (Å²) >= 11 is 0. The van der Waals surface area contributed by atoms with Crippen molar-refractivity contribution in [2.24, 2.45) is 0 Å². The molecule has 2 N–H and O–H groups in total. The summed E-state index contributed by atoms with van der Waals surface area (Å²) in [5, 5.41) is 15.6. The van der Waals surface area contributed by atoms with Gasteiger partial charge >= 0.3 is 0 Å². The molecule has 0 fully saturated rings. The van der Waals surface area contributed by atoms with Gasteiger partial charge in [0.1, 0.15) is 23.1 Å². The predicted octanol–water partition coefficient (Wildman–Crippen LogP) is 3.19. The zero-order valence-electron chi connectivity index (χ0n) is 10.7. The van der Waals surface area contributed by atoms with Crippen molar-refractivity contribution in [1.29, 1.82) is 0 Å². The smallest absolute Gasteiger partial charge is 0.276 e. The third-order valence-corrected chi connectivity index (χ3v) is 2.54. The minimum absolute atomic E-state index is 0.134. The van der Waals surface area contributed by atoms with E-state index in [1.165, 1.54) is 7.05 Å². The lowest BCUT2D eigenvalue weighted by molar-refractivity contribution is -0.384. The first-order valence-electron chi connectivity index (χ1n) is 5.66. The maximum absolute atomic E-state index is 13.5. The maximum Gasteiger partial charge on any atom is 0.276 e. The van der Waals surface area contributed by atoms with E-state index in [0.29, 0.717) is 12.1 Å². The molecule has 0 saturated heterocycles. The van der Waals surface area contributed by atoms with Crippen LogP contribution in [0.4, 0.5) is 36.2 Å². The number of halogens is 3. The number of nitro groups is 1. The van der Waals surface area contributed by atoms with Crippen LogP contribution in [0.5, 0.6) is 0 Å². The van der Waals surface area contributed by atoms with Gasteiger partial charge in [0.05, 0.1) is 17.1 Å². The van der Waals surface area contributed by atoms with E-state index in [0.717, 1.165) is 12.1 Å². The summed E-state index contributed by atoms with van der Waals surface area (Å²) in [5.74, 6) is -3.44. The van der Waals surface area contributed by atoms with Crippen LogP contribution < -0.4 is 10.6 Å². The molecule has 0 saturated carbocycles. The van der Waals surface area contributed by atoms with Crippen LogP contribution in [0.25, 0.3) is 0 Å². The fourth-order valence-electron chi connectivity index (χ4n) is 1.60. The van der Waals surface area contributed by atoms with Crippen LogP contribution in [-0.2, 0) is 0 Å². The third-order valence-electron chi connectivity index (χ3n) is 2.54. The molecule has 1 aromatic carbocycles. The lowest BCUT2D eigenvalue weighted by Crippen LogP contribution is -2.03. The fourth-order valence-corrected chi connectivity index (χ4v) is 1.60. The van der Waals surface area contributed by atoms with Crippen molar-refractivity contribution in [3.05, 3.63) is 51.8 Å². The molecule has 0 amide bonds. The first kappa shape index (κ1) is 14.6. The molecular weight excluding hydrogens is 289 g/mol. The molecule has 0 atom stereocenters. The molecule has 110 valence electrons. The van der Waals surface area contributed by atoms with E-state index in [-0.39, 0.29) is 17.3 Å². The van der Waals surface area contributed by atoms with Gasteiger partial charge in [0.2, 0.25) is 0 Å². The van der Waals surface area contributed by atoms with E-state index < -0.39 is 28.1 Å². The van der Waals surface area contributed by atoms with E-state index in [9.17, 15) is 23.3 Å². The van der Waals surface area contributed by atoms with Crippen molar-refractivity contribution in [2.45, 2.75) is 0 Å². The van der Waals surface area contributed by atoms with E-state index in [2.05, 4.69) is 15.6 Å². The maximum atomic E-state index is 13.5. The minimum Gasteiger partial charge on any atom is -0.373 e. The van der Waals surface area contributed by atoms with Crippen LogP contribution in [0, 0.1) is 27.6 Å². The predicted molar refractivity (Wildman–Crippen MR) is 70.0 cm³/mol. The number of nitrogens with zero attached hydrogens (tertiary/aromatic N) is 2. The Morgan fingerprint density at radius 3 is 2.19 bits per heavy atom. The Hall–Kier alpha value is -2.84. The topological polar surface area (TPSA) is 80.1 Å². The number of rotatable bonds is 4. The monoisotopic (exact) mass is 298 g/mol. The van der Waals surface area contributed by atoms with Gasteiger partial charge in [-0.25, -0.2) is 18.2 Å². The lowest BCUT2D eigenvalue weighted by atomic mass is 10.2. The molecule has 0 radical (unpaired) electrons. The second kappa shape index (κ2) is 5.65. The molecule has 0 aliphatic carbocycles. The van der Waals surface area contributed by atoms with Crippen LogP contribution >= 0.6 is 0 Å². The Kier molecular flexibility index (Phi) is 3.92. The first-order valence-corrected chi connectivity index (χ1v) is 5.66. The van der Waals surface area contributed by atoms with Gasteiger partial charge in [-0.1, -0.05) is 0 Å². The van der Waals surface area contributed by atoms with Crippen LogP contribution in [0.15, 0.2) is 24.3 Å². The average molecular weight is 298 g/mol. The highest BCUT2D eigenvalue weighted by molar-refractivity contribution is 5.63. The average Bonchev–Trinajstić information content (AvgIpc) is 2.42. The third kappa shape index (κ3) is 3.19. The van der Waals surface area contributed by atoms with E-state index in [1.807, 2.05) is 0 Å². The van der Waals surface area contributed by atoms with Crippen molar-refractivity contribution >= 4 is 23.0 Å². The highest BCUT2D eigenvalue weighted by atomic mass is 19.1. The summed E-state index contributed by atoms with van der Waals surface area (Å²) in [5.41, 5.74) is -0.966. The summed E-state index contributed by atoms with van der Waals surface area (Å²) in [6.45, 7) is 0. The zero-order chi connectivity index (χ0) is 15.6. The van der Waals surface area contributed by atoms with Gasteiger partial charge in [0, 0.05) is 19.2 Å². The van der Waals surface area contributed by atoms with E-state index in [4.69, 9.17) is 0 Å². The largest absolute Gasteiger partial charge is 0.373 e. The van der Waals surface area contributed by atoms with Gasteiger partial charge in [0.15, 0.2) is 11.6 Å². The standard InChI is InChI=1S/C12H9F3N4O2/c1-16-10-4-7(19(20)21)5-11(17-10)18-12-8(14)2-6(13)3-9(12)15/h2-5H,1H3,(H2,16,17,18). The molecule has 0 aliphatic heterocycles. The summed E-state index contributed by atoms with van der Waals surface area (Å²) < 4.78 is 39.9. The Bertz CT molecular complexity index is 686. The number of anilines is 3. The number of hydrogen-bond acceptors (Lipinski definition) is 5. The Morgan fingerprint density at radius 1 is 1.10 bits per heavy atom. The van der Waals surface area contributed by atoms with Gasteiger partial charge in [-0.05, 0) is 0 Å². The summed E-state index contributed by atoms with van der Waals surface area (Å²) in [4.78, 5) is 14.0. The quantitative estimate of drug-likeness (QED) is 0.669. The second-order valence-electron chi connectivity index (χ2n) is 3.97. The summed E-state index contributed by atoms with van der Waals surface area (Å²) in [7, 11) is 1.48. The van der Waals surface area contributed by atoms with Crippen LogP contribution in [-0.4, -0.2) is 17.0 Å². The van der Waals surface area contributed by atoms with Crippen molar-refractivity contribution in [3.63, 3.8) is 0 Å². The molecule has 0 aliphatic rings. The molecule has 2 rings (SSSR count). The highest BCUT2D eigenvalue weighted by Crippen LogP contribution is 2.27. The van der Waals surface area contributed by atoms with Crippen LogP contribution in [0.3, 0.4) is 0 Å². The molecule has 1 aromatic heterocycles. The molecule has 0 unspecified atom stereocenters. The number of pyridine rings is 1. The highest BCUT2D eigenvalue weighted by Gasteiger charge is 2.15. The Balaban J connectivity index is 2.44. The summed E-state index contributed by atoms with van der Waals surface area (Å²) in [6.07, 6.45) is 0. The Labute approximate surface area is 116 Å². The molecule has 0 spiro atoms. The van der Waals surface area contributed by atoms with Crippen LogP contribution in [0.2, 0.25) is 0 Å². The molecule has 6 nitrogen and oxygen atoms in total. The molecular formula is C12H9F3N4O2. The fraction of sp³-hybridized carbons (Fsp3) is 0.0833. The zero-order valence-corrected chi connectivity index (χ0v) is 10.7. The molecule has 9 heteroatoms. The van der Waals surface area contributed by atoms with Gasteiger partial charge in [-0.15, -0.1) is 0 Å². The normalized spacial score (nSPS) is 10.3. The minimum atomic E-state index is -1.17. The Morgan fingerprint density at radius 2 is 1.67 bits per heavy atom. The van der Waals surface area contributed by atoms with Crippen LogP contribution in [0.1, 0.15) is 0 Å². The van der Waals surface area contributed by atoms with Crippen molar-refractivity contribution in [1.82, 2.24) is 4.98 Å². The number of benzene rings is 1. The number of aromatic nitrogens is 1. The SMILES string of the molecule is CNc1cc([N+](=O)[O-])cc(Nc2c(F)cc(F)cc2F)n1. The summed E-state index contributed by atoms with van der Waals surface area (Å²) in [6, 6.07) is 3.13. The second-order valence-corrected chi connectivity index (χ2v) is 3.97. The van der Waals surface area contributed by atoms with Gasteiger partial charge < -0.3 is 10.6 Å². The van der Waals surface area contributed by atoms with E-state index in [1.54, 1.807) is 0 Å². The molecule has 21 heavy (non-hydrogen) atoms. The molecule has 1 heterocycles. The molecule has 2 aromatic rings. The first-order chi connectivity index (χ1) is 9.90. The van der Waals surface area contributed by atoms with Gasteiger partial charge in [-0.3, -0.25) is 10.1 Å². The van der Waals surface area contributed by atoms with Crippen molar-refractivity contribution < 1.29 is 18.1 Å². The number of nitrogens with one attached hydrogen (secondary N) is 2. The van der Waals surface area contributed by atoms with E-state index >= 15 is 0 Å². The van der Waals surface area contributed by atoms with Crippen molar-refractivity contribution in [3.8, 4) is 0 Å². The van der Waals surface area contributed by atoms with Gasteiger partial charge in [0.25, 0.3) is 5.69 Å².